The topological polar surface area (TPSA) is 80.6 Å². The van der Waals surface area contributed by atoms with Gasteiger partial charge in [0.15, 0.2) is 6.04 Å². The number of aliphatic carboxylic acids is 1. The lowest BCUT2D eigenvalue weighted by atomic mass is 9.97. The van der Waals surface area contributed by atoms with E-state index in [4.69, 9.17) is 0 Å². The van der Waals surface area contributed by atoms with Crippen molar-refractivity contribution in [3.63, 3.8) is 0 Å². The minimum Gasteiger partial charge on any atom is -0.544 e. The Labute approximate surface area is 205 Å². The summed E-state index contributed by atoms with van der Waals surface area (Å²) in [7, 11) is 4.91. The van der Waals surface area contributed by atoms with Crippen LogP contribution in [0, 0.1) is 0 Å². The maximum atomic E-state index is 11.4. The van der Waals surface area contributed by atoms with Gasteiger partial charge in [0.05, 0.1) is 21.1 Å². The third kappa shape index (κ3) is 18.4. The molecular weight excluding hydrogens is 414 g/mol. The molecular formula is C28H57NO4. The van der Waals surface area contributed by atoms with Gasteiger partial charge in [0.25, 0.3) is 0 Å². The van der Waals surface area contributed by atoms with Crippen LogP contribution in [0.15, 0.2) is 0 Å². The van der Waals surface area contributed by atoms with Crippen molar-refractivity contribution in [3.05, 3.63) is 0 Å². The number of nitrogens with zero attached hydrogens (tertiary/aromatic N) is 1. The van der Waals surface area contributed by atoms with Gasteiger partial charge in [-0.15, -0.1) is 0 Å². The van der Waals surface area contributed by atoms with E-state index in [0.717, 1.165) is 12.8 Å². The molecule has 0 rings (SSSR count). The van der Waals surface area contributed by atoms with Crippen molar-refractivity contribution >= 4 is 5.97 Å². The van der Waals surface area contributed by atoms with Crippen molar-refractivity contribution in [2.45, 2.75) is 154 Å². The molecule has 0 aliphatic carbocycles. The summed E-state index contributed by atoms with van der Waals surface area (Å²) in [6.45, 7) is 2.28. The van der Waals surface area contributed by atoms with E-state index in [-0.39, 0.29) is 10.9 Å². The van der Waals surface area contributed by atoms with Crippen LogP contribution >= 0.6 is 0 Å². The third-order valence-electron chi connectivity index (χ3n) is 6.83. The highest BCUT2D eigenvalue weighted by Crippen LogP contribution is 2.23. The highest BCUT2D eigenvalue weighted by molar-refractivity contribution is 5.71. The summed E-state index contributed by atoms with van der Waals surface area (Å²) in [6, 6.07) is -1.35. The Morgan fingerprint density at radius 2 is 0.909 bits per heavy atom. The van der Waals surface area contributed by atoms with E-state index < -0.39 is 17.8 Å². The number of carbonyl (C=O) groups excluding carboxylic acids is 1. The first kappa shape index (κ1) is 32.4. The van der Waals surface area contributed by atoms with Gasteiger partial charge in [-0.2, -0.15) is 0 Å². The molecule has 0 aromatic heterocycles. The molecule has 0 amide bonds. The maximum Gasteiger partial charge on any atom is 0.222 e. The molecule has 0 saturated heterocycles. The number of likely N-dealkylation sites (N-methyl/N-ethyl adjacent to an activating group) is 1. The van der Waals surface area contributed by atoms with Crippen LogP contribution in [0.25, 0.3) is 0 Å². The van der Waals surface area contributed by atoms with Crippen LogP contribution in [0.1, 0.15) is 142 Å². The quantitative estimate of drug-likeness (QED) is 0.107. The second-order valence-corrected chi connectivity index (χ2v) is 11.2. The van der Waals surface area contributed by atoms with Crippen molar-refractivity contribution in [2.24, 2.45) is 0 Å². The molecule has 0 radical (unpaired) electrons. The molecule has 0 saturated carbocycles. The normalized spacial score (nSPS) is 13.4. The van der Waals surface area contributed by atoms with Crippen molar-refractivity contribution < 1.29 is 24.6 Å². The summed E-state index contributed by atoms with van der Waals surface area (Å²) in [5.41, 5.74) is 0. The van der Waals surface area contributed by atoms with Gasteiger partial charge in [0.2, 0.25) is 5.79 Å². The molecule has 0 aromatic carbocycles. The number of carboxylic acid groups (broad SMARTS) is 1. The van der Waals surface area contributed by atoms with E-state index >= 15 is 0 Å². The molecule has 0 heterocycles. The van der Waals surface area contributed by atoms with Crippen LogP contribution in [-0.2, 0) is 4.79 Å². The Hall–Kier alpha value is -0.650. The van der Waals surface area contributed by atoms with Gasteiger partial charge < -0.3 is 24.6 Å². The van der Waals surface area contributed by atoms with Gasteiger partial charge in [-0.05, 0) is 6.42 Å². The number of quaternary nitrogens is 1. The minimum atomic E-state index is -2.23. The van der Waals surface area contributed by atoms with Gasteiger partial charge in [-0.25, -0.2) is 0 Å². The molecule has 0 aromatic rings. The zero-order valence-electron chi connectivity index (χ0n) is 22.6. The maximum absolute atomic E-state index is 11.4. The predicted molar refractivity (Wildman–Crippen MR) is 137 cm³/mol. The highest BCUT2D eigenvalue weighted by Gasteiger charge is 2.44. The van der Waals surface area contributed by atoms with E-state index in [1.54, 1.807) is 21.1 Å². The first-order chi connectivity index (χ1) is 15.6. The lowest BCUT2D eigenvalue weighted by Crippen LogP contribution is -2.66. The van der Waals surface area contributed by atoms with Crippen molar-refractivity contribution in [2.75, 3.05) is 21.1 Å². The highest BCUT2D eigenvalue weighted by atomic mass is 16.5. The number of carboxylic acids is 1. The third-order valence-corrected chi connectivity index (χ3v) is 6.83. The van der Waals surface area contributed by atoms with E-state index in [1.807, 2.05) is 0 Å². The van der Waals surface area contributed by atoms with E-state index in [2.05, 4.69) is 6.92 Å². The van der Waals surface area contributed by atoms with Crippen LogP contribution in [0.5, 0.6) is 0 Å². The lowest BCUT2D eigenvalue weighted by molar-refractivity contribution is -0.901. The Bertz CT molecular complexity index is 459. The standard InChI is InChI=1S/C28H57NO4/c1-5-6-7-8-9-10-11-12-13-14-15-16-17-18-19-20-21-22-23-24-25-28(32,33)26(27(30)31)29(2,3)4/h26,32-33H,5-25H2,1-4H3. The monoisotopic (exact) mass is 471 g/mol. The predicted octanol–water partition coefficient (Wildman–Crippen LogP) is 5.70. The molecule has 5 nitrogen and oxygen atoms in total. The zero-order valence-corrected chi connectivity index (χ0v) is 22.6. The van der Waals surface area contributed by atoms with Crippen LogP contribution in [0.3, 0.4) is 0 Å². The Kier molecular flexibility index (Phi) is 19.2. The molecule has 1 unspecified atom stereocenters. The summed E-state index contributed by atoms with van der Waals surface area (Å²) >= 11 is 0. The SMILES string of the molecule is CCCCCCCCCCCCCCCCCCCCCCC(O)(O)C(C(=O)[O-])[N+](C)(C)C. The second-order valence-electron chi connectivity index (χ2n) is 11.2. The molecule has 5 heteroatoms. The molecule has 0 aliphatic rings. The smallest absolute Gasteiger partial charge is 0.222 e. The molecule has 0 aliphatic heterocycles. The average molecular weight is 472 g/mol. The van der Waals surface area contributed by atoms with E-state index in [0.29, 0.717) is 6.42 Å². The van der Waals surface area contributed by atoms with Gasteiger partial charge in [0, 0.05) is 6.42 Å². The number of carbonyl (C=O) groups is 1. The summed E-state index contributed by atoms with van der Waals surface area (Å²) in [5, 5.41) is 31.9. The summed E-state index contributed by atoms with van der Waals surface area (Å²) in [6.07, 6.45) is 25.9. The average Bonchev–Trinajstić information content (AvgIpc) is 2.70. The first-order valence-corrected chi connectivity index (χ1v) is 14.1. The van der Waals surface area contributed by atoms with Crippen LogP contribution in [0.4, 0.5) is 0 Å². The number of rotatable bonds is 24. The van der Waals surface area contributed by atoms with Gasteiger partial charge in [0.1, 0.15) is 5.97 Å². The molecule has 0 spiro atoms. The van der Waals surface area contributed by atoms with Crippen LogP contribution in [0.2, 0.25) is 0 Å². The fourth-order valence-electron chi connectivity index (χ4n) is 4.90. The molecule has 33 heavy (non-hydrogen) atoms. The Morgan fingerprint density at radius 1 is 0.636 bits per heavy atom. The Balaban J connectivity index is 3.46. The molecule has 0 fully saturated rings. The van der Waals surface area contributed by atoms with Gasteiger partial charge in [-0.3, -0.25) is 0 Å². The molecule has 1 atom stereocenters. The van der Waals surface area contributed by atoms with Crippen molar-refractivity contribution in [1.82, 2.24) is 0 Å². The molecule has 0 bridgehead atoms. The fourth-order valence-corrected chi connectivity index (χ4v) is 4.90. The van der Waals surface area contributed by atoms with Crippen LogP contribution in [-0.4, -0.2) is 53.6 Å². The molecule has 2 N–H and O–H groups in total. The number of hydrogen-bond acceptors (Lipinski definition) is 4. The Morgan fingerprint density at radius 3 is 1.15 bits per heavy atom. The lowest BCUT2D eigenvalue weighted by Gasteiger charge is -2.41. The second kappa shape index (κ2) is 19.6. The number of unbranched alkanes of at least 4 members (excludes halogenated alkanes) is 19. The van der Waals surface area contributed by atoms with E-state index in [9.17, 15) is 20.1 Å². The largest absolute Gasteiger partial charge is 0.544 e. The first-order valence-electron chi connectivity index (χ1n) is 14.1. The van der Waals surface area contributed by atoms with Crippen molar-refractivity contribution in [1.29, 1.82) is 0 Å². The number of aliphatic hydroxyl groups is 2. The van der Waals surface area contributed by atoms with Crippen LogP contribution < -0.4 is 5.11 Å². The summed E-state index contributed by atoms with van der Waals surface area (Å²) in [4.78, 5) is 11.4. The zero-order chi connectivity index (χ0) is 25.0. The summed E-state index contributed by atoms with van der Waals surface area (Å²) < 4.78 is -0.0749. The van der Waals surface area contributed by atoms with Gasteiger partial charge in [-0.1, -0.05) is 129 Å². The minimum absolute atomic E-state index is 0.0696. The van der Waals surface area contributed by atoms with Crippen molar-refractivity contribution in [3.8, 4) is 0 Å². The van der Waals surface area contributed by atoms with Gasteiger partial charge >= 0.3 is 0 Å². The molecule has 198 valence electrons. The fraction of sp³-hybridized carbons (Fsp3) is 0.964. The summed E-state index contributed by atoms with van der Waals surface area (Å²) in [5.74, 6) is -3.65. The number of hydrogen-bond donors (Lipinski definition) is 2. The van der Waals surface area contributed by atoms with E-state index in [1.165, 1.54) is 109 Å².